The summed E-state index contributed by atoms with van der Waals surface area (Å²) in [7, 11) is 0. The number of nitrogens with two attached hydrogens (primary N) is 1. The fraction of sp³-hybridized carbons (Fsp3) is 0.433. The van der Waals surface area contributed by atoms with E-state index in [0.29, 0.717) is 18.2 Å². The Hall–Kier alpha value is -3.77. The number of benzene rings is 2. The molecule has 1 aliphatic carbocycles. The van der Waals surface area contributed by atoms with Crippen molar-refractivity contribution in [3.8, 4) is 5.75 Å². The van der Waals surface area contributed by atoms with Gasteiger partial charge < -0.3 is 25.6 Å². The third-order valence-electron chi connectivity index (χ3n) is 7.16. The zero-order valence-electron chi connectivity index (χ0n) is 24.8. The maximum atomic E-state index is 15.1. The maximum Gasteiger partial charge on any atom is 0.428 e. The van der Waals surface area contributed by atoms with E-state index in [0.717, 1.165) is 12.1 Å². The number of ether oxygens (including phenoxy) is 2. The highest BCUT2D eigenvalue weighted by Crippen LogP contribution is 2.46. The van der Waals surface area contributed by atoms with Crippen LogP contribution in [0.25, 0.3) is 0 Å². The molecule has 4 N–H and O–H groups in total. The largest absolute Gasteiger partial charge is 0.488 e. The first kappa shape index (κ1) is 38.7. The molecule has 2 unspecified atom stereocenters. The van der Waals surface area contributed by atoms with Gasteiger partial charge in [-0.05, 0) is 54.8 Å². The maximum absolute atomic E-state index is 15.1. The fourth-order valence-electron chi connectivity index (χ4n) is 4.89. The molecular formula is C30H28F12N2O4. The van der Waals surface area contributed by atoms with E-state index < -0.39 is 102 Å². The zero-order valence-corrected chi connectivity index (χ0v) is 24.8. The summed E-state index contributed by atoms with van der Waals surface area (Å²) >= 11 is 0. The van der Waals surface area contributed by atoms with Crippen molar-refractivity contribution >= 4 is 5.91 Å². The van der Waals surface area contributed by atoms with Gasteiger partial charge in [-0.15, -0.1) is 0 Å². The van der Waals surface area contributed by atoms with Crippen molar-refractivity contribution in [1.29, 1.82) is 0 Å². The molecule has 0 heterocycles. The van der Waals surface area contributed by atoms with Crippen LogP contribution >= 0.6 is 0 Å². The molecule has 1 amide bonds. The van der Waals surface area contributed by atoms with Crippen LogP contribution in [-0.4, -0.2) is 59.8 Å². The van der Waals surface area contributed by atoms with Gasteiger partial charge in [0.1, 0.15) is 11.9 Å². The Kier molecular flexibility index (Phi) is 11.3. The van der Waals surface area contributed by atoms with Gasteiger partial charge in [-0.2, -0.15) is 35.1 Å². The van der Waals surface area contributed by atoms with Gasteiger partial charge in [-0.1, -0.05) is 36.4 Å². The summed E-state index contributed by atoms with van der Waals surface area (Å²) in [5, 5.41) is 11.7. The lowest BCUT2D eigenvalue weighted by Gasteiger charge is -2.42. The molecule has 0 aromatic heterocycles. The second kappa shape index (κ2) is 14.0. The van der Waals surface area contributed by atoms with Crippen molar-refractivity contribution in [3.63, 3.8) is 0 Å². The van der Waals surface area contributed by atoms with Gasteiger partial charge in [-0.3, -0.25) is 4.79 Å². The first-order valence-electron chi connectivity index (χ1n) is 13.8. The number of alkyl halides is 10. The van der Waals surface area contributed by atoms with Crippen LogP contribution in [0.2, 0.25) is 0 Å². The second-order valence-electron chi connectivity index (χ2n) is 11.0. The highest BCUT2D eigenvalue weighted by molar-refractivity contribution is 5.85. The van der Waals surface area contributed by atoms with Gasteiger partial charge in [0.25, 0.3) is 5.60 Å². The summed E-state index contributed by atoms with van der Waals surface area (Å²) < 4.78 is 175. The summed E-state index contributed by atoms with van der Waals surface area (Å²) in [5.41, 5.74) is -4.41. The van der Waals surface area contributed by atoms with Crippen molar-refractivity contribution in [3.05, 3.63) is 89.0 Å². The van der Waals surface area contributed by atoms with E-state index in [2.05, 4.69) is 4.74 Å². The van der Waals surface area contributed by atoms with E-state index in [-0.39, 0.29) is 5.56 Å². The molecule has 0 radical (unpaired) electrons. The molecule has 2 aromatic carbocycles. The third-order valence-corrected chi connectivity index (χ3v) is 7.16. The summed E-state index contributed by atoms with van der Waals surface area (Å²) in [6, 6.07) is 5.50. The topological polar surface area (TPSA) is 93.8 Å². The highest BCUT2D eigenvalue weighted by atomic mass is 19.4. The molecule has 0 aliphatic heterocycles. The lowest BCUT2D eigenvalue weighted by atomic mass is 9.74. The lowest BCUT2D eigenvalue weighted by Crippen LogP contribution is -2.72. The minimum Gasteiger partial charge on any atom is -0.488 e. The van der Waals surface area contributed by atoms with Crippen molar-refractivity contribution in [2.24, 2.45) is 5.73 Å². The van der Waals surface area contributed by atoms with Gasteiger partial charge in [0, 0.05) is 12.8 Å². The number of halogens is 12. The van der Waals surface area contributed by atoms with E-state index >= 15 is 4.39 Å². The molecule has 1 aliphatic rings. The number of hydrogen-bond acceptors (Lipinski definition) is 5. The molecule has 0 saturated carbocycles. The first-order chi connectivity index (χ1) is 21.9. The van der Waals surface area contributed by atoms with Crippen LogP contribution in [0.15, 0.2) is 72.1 Å². The number of rotatable bonds is 12. The van der Waals surface area contributed by atoms with Crippen molar-refractivity contribution in [2.45, 2.75) is 81.0 Å². The van der Waals surface area contributed by atoms with Gasteiger partial charge in [0.05, 0.1) is 17.7 Å². The highest BCUT2D eigenvalue weighted by Gasteiger charge is 2.75. The number of nitrogens with one attached hydrogen (secondary N) is 1. The minimum atomic E-state index is -6.59. The molecule has 2 aromatic rings. The predicted octanol–water partition coefficient (Wildman–Crippen LogP) is 6.78. The summed E-state index contributed by atoms with van der Waals surface area (Å²) in [6.45, 7) is 2.90. The smallest absolute Gasteiger partial charge is 0.428 e. The predicted molar refractivity (Wildman–Crippen MR) is 145 cm³/mol. The van der Waals surface area contributed by atoms with Crippen LogP contribution in [0.1, 0.15) is 31.4 Å². The average molecular weight is 709 g/mol. The SMILES string of the molecule is CC(C)Oc1cc([C@@](Cc2ccccc2)(NC(=O)C(N)C(O)(C(F)(F)F)C(F)(F)F)C2=CC(OC(F)(F)C(F)F)CC(F)=C2)ccc1F. The average Bonchev–Trinajstić information content (AvgIpc) is 2.95. The lowest BCUT2D eigenvalue weighted by molar-refractivity contribution is -0.371. The molecule has 0 bridgehead atoms. The fourth-order valence-corrected chi connectivity index (χ4v) is 4.89. The van der Waals surface area contributed by atoms with Gasteiger partial charge >= 0.3 is 24.9 Å². The van der Waals surface area contributed by atoms with Crippen molar-refractivity contribution in [2.75, 3.05) is 0 Å². The number of hydrogen-bond donors (Lipinski definition) is 3. The Morgan fingerprint density at radius 3 is 2.08 bits per heavy atom. The van der Waals surface area contributed by atoms with Gasteiger partial charge in [0.15, 0.2) is 11.6 Å². The molecule has 48 heavy (non-hydrogen) atoms. The van der Waals surface area contributed by atoms with E-state index in [9.17, 15) is 58.2 Å². The summed E-state index contributed by atoms with van der Waals surface area (Å²) in [5.74, 6) is -5.35. The van der Waals surface area contributed by atoms with Crippen LogP contribution in [0.4, 0.5) is 52.7 Å². The van der Waals surface area contributed by atoms with Crippen molar-refractivity contribution in [1.82, 2.24) is 5.32 Å². The standard InChI is InChI=1S/C30H28F12N2O4/c1-15(2)47-22-12-17(8-9-21(22)32)26(14-16-6-4-3-5-7-16,18-10-19(31)13-20(11-18)48-28(35,36)25(33)34)44-24(45)23(43)27(46,29(37,38)39)30(40,41)42/h3-12,15,20,23,25,46H,13-14,43H2,1-2H3,(H,44,45)/t20?,23?,26-/m1/s1. The van der Waals surface area contributed by atoms with Gasteiger partial charge in [-0.25, -0.2) is 17.6 Å². The molecule has 3 rings (SSSR count). The Morgan fingerprint density at radius 1 is 0.979 bits per heavy atom. The Balaban J connectivity index is 2.39. The second-order valence-corrected chi connectivity index (χ2v) is 11.0. The number of carbonyl (C=O) groups excluding carboxylic acids is 1. The molecule has 18 heteroatoms. The van der Waals surface area contributed by atoms with E-state index in [1.165, 1.54) is 44.2 Å². The van der Waals surface area contributed by atoms with E-state index in [4.69, 9.17) is 10.5 Å². The molecular weight excluding hydrogens is 680 g/mol. The zero-order chi connectivity index (χ0) is 36.5. The van der Waals surface area contributed by atoms with Crippen LogP contribution in [-0.2, 0) is 21.5 Å². The van der Waals surface area contributed by atoms with Crippen molar-refractivity contribution < 1.29 is 72.1 Å². The third kappa shape index (κ3) is 8.08. The summed E-state index contributed by atoms with van der Waals surface area (Å²) in [6.07, 6.45) is -26.5. The van der Waals surface area contributed by atoms with Crippen LogP contribution in [0.5, 0.6) is 5.75 Å². The Bertz CT molecular complexity index is 1500. The van der Waals surface area contributed by atoms with Gasteiger partial charge in [0.2, 0.25) is 5.91 Å². The number of aliphatic hydroxyl groups is 1. The monoisotopic (exact) mass is 708 g/mol. The molecule has 3 atom stereocenters. The van der Waals surface area contributed by atoms with Crippen LogP contribution < -0.4 is 15.8 Å². The van der Waals surface area contributed by atoms with E-state index in [1.807, 2.05) is 5.32 Å². The normalized spacial score (nSPS) is 18.2. The summed E-state index contributed by atoms with van der Waals surface area (Å²) in [4.78, 5) is 13.4. The number of carbonyl (C=O) groups is 1. The Labute approximate surface area is 265 Å². The Morgan fingerprint density at radius 2 is 1.56 bits per heavy atom. The molecule has 0 fully saturated rings. The molecule has 0 saturated heterocycles. The first-order valence-corrected chi connectivity index (χ1v) is 13.8. The number of amides is 1. The molecule has 266 valence electrons. The quantitative estimate of drug-likeness (QED) is 0.212. The minimum absolute atomic E-state index is 0.111. The van der Waals surface area contributed by atoms with E-state index in [1.54, 1.807) is 0 Å². The van der Waals surface area contributed by atoms with Crippen LogP contribution in [0, 0.1) is 5.82 Å². The molecule has 6 nitrogen and oxygen atoms in total. The van der Waals surface area contributed by atoms with Crippen LogP contribution in [0.3, 0.4) is 0 Å². The molecule has 0 spiro atoms.